The molecule has 0 saturated heterocycles. The Bertz CT molecular complexity index is 1590. The monoisotopic (exact) mass is 487 g/mol. The van der Waals surface area contributed by atoms with Gasteiger partial charge in [0, 0.05) is 16.5 Å². The number of hydrogen-bond acceptors (Lipinski definition) is 4. The van der Waals surface area contributed by atoms with E-state index >= 15 is 0 Å². The highest BCUT2D eigenvalue weighted by Crippen LogP contribution is 2.36. The fourth-order valence-corrected chi connectivity index (χ4v) is 6.32. The first-order chi connectivity index (χ1) is 17.6. The van der Waals surface area contributed by atoms with Gasteiger partial charge in [-0.15, -0.1) is 0 Å². The number of pyridine rings is 1. The number of carbonyl (C=O) groups is 1. The topological polar surface area (TPSA) is 58.7 Å². The SMILES string of the molecule is CC(Sc1nc2c(cc1C#N)CC(c1ccccc1)CC2)C(=O)n1c2ccccc2c2ccccc21. The van der Waals surface area contributed by atoms with Crippen molar-refractivity contribution in [2.24, 2.45) is 0 Å². The van der Waals surface area contributed by atoms with Crippen molar-refractivity contribution in [3.05, 3.63) is 107 Å². The van der Waals surface area contributed by atoms with Crippen molar-refractivity contribution in [3.63, 3.8) is 0 Å². The van der Waals surface area contributed by atoms with Gasteiger partial charge in [0.1, 0.15) is 11.1 Å². The van der Waals surface area contributed by atoms with Crippen LogP contribution < -0.4 is 0 Å². The predicted octanol–water partition coefficient (Wildman–Crippen LogP) is 7.15. The minimum atomic E-state index is -0.400. The summed E-state index contributed by atoms with van der Waals surface area (Å²) in [5, 5.41) is 12.3. The van der Waals surface area contributed by atoms with Crippen molar-refractivity contribution in [2.75, 3.05) is 0 Å². The summed E-state index contributed by atoms with van der Waals surface area (Å²) in [7, 11) is 0. The molecule has 2 heterocycles. The fraction of sp³-hybridized carbons (Fsp3) is 0.194. The van der Waals surface area contributed by atoms with E-state index in [4.69, 9.17) is 4.98 Å². The van der Waals surface area contributed by atoms with Gasteiger partial charge >= 0.3 is 0 Å². The number of para-hydroxylation sites is 2. The average Bonchev–Trinajstić information content (AvgIpc) is 3.27. The minimum absolute atomic E-state index is 0.00930. The maximum Gasteiger partial charge on any atom is 0.244 e. The van der Waals surface area contributed by atoms with E-state index in [-0.39, 0.29) is 5.91 Å². The lowest BCUT2D eigenvalue weighted by Gasteiger charge is -2.25. The van der Waals surface area contributed by atoms with Gasteiger partial charge in [0.25, 0.3) is 0 Å². The third-order valence-corrected chi connectivity index (χ3v) is 8.27. The summed E-state index contributed by atoms with van der Waals surface area (Å²) in [6, 6.07) is 30.9. The molecular weight excluding hydrogens is 462 g/mol. The zero-order valence-corrected chi connectivity index (χ0v) is 20.8. The lowest BCUT2D eigenvalue weighted by atomic mass is 9.82. The van der Waals surface area contributed by atoms with Crippen LogP contribution >= 0.6 is 11.8 Å². The van der Waals surface area contributed by atoms with Crippen LogP contribution in [0.15, 0.2) is 90.0 Å². The average molecular weight is 488 g/mol. The molecule has 2 aromatic heterocycles. The number of aromatic nitrogens is 2. The van der Waals surface area contributed by atoms with Crippen LogP contribution in [0.2, 0.25) is 0 Å². The van der Waals surface area contributed by atoms with E-state index in [1.165, 1.54) is 17.3 Å². The van der Waals surface area contributed by atoms with Crippen LogP contribution in [-0.4, -0.2) is 20.7 Å². The zero-order chi connectivity index (χ0) is 24.6. The Morgan fingerprint density at radius 2 is 1.64 bits per heavy atom. The van der Waals surface area contributed by atoms with Crippen LogP contribution in [0.1, 0.15) is 46.4 Å². The summed E-state index contributed by atoms with van der Waals surface area (Å²) in [6.07, 6.45) is 2.81. The zero-order valence-electron chi connectivity index (χ0n) is 20.0. The lowest BCUT2D eigenvalue weighted by molar-refractivity contribution is 0.0925. The number of rotatable bonds is 4. The highest BCUT2D eigenvalue weighted by Gasteiger charge is 2.26. The van der Waals surface area contributed by atoms with Gasteiger partial charge in [-0.2, -0.15) is 5.26 Å². The first-order valence-corrected chi connectivity index (χ1v) is 13.2. The molecule has 3 aromatic carbocycles. The van der Waals surface area contributed by atoms with E-state index in [1.54, 1.807) is 0 Å². The van der Waals surface area contributed by atoms with Gasteiger partial charge in [0.05, 0.1) is 21.8 Å². The summed E-state index contributed by atoms with van der Waals surface area (Å²) in [5.74, 6) is 0.436. The summed E-state index contributed by atoms with van der Waals surface area (Å²) in [6.45, 7) is 1.91. The van der Waals surface area contributed by atoms with Crippen molar-refractivity contribution >= 4 is 39.5 Å². The molecule has 0 fully saturated rings. The number of nitriles is 1. The number of nitrogens with zero attached hydrogens (tertiary/aromatic N) is 3. The molecule has 0 bridgehead atoms. The molecule has 5 aromatic rings. The summed E-state index contributed by atoms with van der Waals surface area (Å²) >= 11 is 1.38. The molecule has 1 aliphatic carbocycles. The molecular formula is C31H25N3OS. The largest absolute Gasteiger partial charge is 0.279 e. The van der Waals surface area contributed by atoms with Crippen molar-refractivity contribution < 1.29 is 4.79 Å². The van der Waals surface area contributed by atoms with Crippen LogP contribution in [0, 0.1) is 11.3 Å². The second kappa shape index (κ2) is 9.29. The Hall–Kier alpha value is -3.88. The maximum absolute atomic E-state index is 13.8. The second-order valence-electron chi connectivity index (χ2n) is 9.38. The molecule has 0 saturated carbocycles. The van der Waals surface area contributed by atoms with E-state index in [1.807, 2.05) is 60.0 Å². The van der Waals surface area contributed by atoms with Gasteiger partial charge in [-0.1, -0.05) is 78.5 Å². The number of thioether (sulfide) groups is 1. The summed E-state index contributed by atoms with van der Waals surface area (Å²) < 4.78 is 1.82. The summed E-state index contributed by atoms with van der Waals surface area (Å²) in [5.41, 5.74) is 5.90. The predicted molar refractivity (Wildman–Crippen MR) is 146 cm³/mol. The van der Waals surface area contributed by atoms with Gasteiger partial charge in [-0.25, -0.2) is 4.98 Å². The van der Waals surface area contributed by atoms with E-state index in [0.29, 0.717) is 16.5 Å². The molecule has 0 aliphatic heterocycles. The fourth-order valence-electron chi connectivity index (χ4n) is 5.38. The molecule has 2 atom stereocenters. The van der Waals surface area contributed by atoms with E-state index in [0.717, 1.165) is 52.3 Å². The van der Waals surface area contributed by atoms with Gasteiger partial charge < -0.3 is 0 Å². The van der Waals surface area contributed by atoms with Crippen molar-refractivity contribution in [1.29, 1.82) is 5.26 Å². The molecule has 0 N–H and O–H groups in total. The number of fused-ring (bicyclic) bond motifs is 4. The Kier molecular flexibility index (Phi) is 5.83. The maximum atomic E-state index is 13.8. The molecule has 0 spiro atoms. The van der Waals surface area contributed by atoms with Gasteiger partial charge in [-0.05, 0) is 61.4 Å². The number of benzene rings is 3. The van der Waals surface area contributed by atoms with Crippen molar-refractivity contribution in [1.82, 2.24) is 9.55 Å². The molecule has 4 nitrogen and oxygen atoms in total. The quantitative estimate of drug-likeness (QED) is 0.253. The number of carbonyl (C=O) groups excluding carboxylic acids is 1. The molecule has 176 valence electrons. The van der Waals surface area contributed by atoms with Gasteiger partial charge in [0.15, 0.2) is 0 Å². The third kappa shape index (κ3) is 3.88. The number of hydrogen-bond donors (Lipinski definition) is 0. The standard InChI is InChI=1S/C31H25N3OS/c1-20(31(35)34-28-13-7-5-11-25(28)26-12-6-8-14-29(26)34)36-30-24(19-32)18-23-17-22(15-16-27(23)33-30)21-9-3-2-4-10-21/h2-14,18,20,22H,15-17H2,1H3. The second-order valence-corrected chi connectivity index (χ2v) is 10.7. The Morgan fingerprint density at radius 1 is 1.00 bits per heavy atom. The molecule has 36 heavy (non-hydrogen) atoms. The van der Waals surface area contributed by atoms with Gasteiger partial charge in [-0.3, -0.25) is 9.36 Å². The van der Waals surface area contributed by atoms with Crippen LogP contribution in [0.25, 0.3) is 21.8 Å². The third-order valence-electron chi connectivity index (χ3n) is 7.18. The number of aryl methyl sites for hydroxylation is 1. The lowest BCUT2D eigenvalue weighted by Crippen LogP contribution is -2.22. The minimum Gasteiger partial charge on any atom is -0.279 e. The molecule has 0 amide bonds. The Labute approximate surface area is 214 Å². The van der Waals surface area contributed by atoms with Gasteiger partial charge in [0.2, 0.25) is 5.91 Å². The van der Waals surface area contributed by atoms with Crippen LogP contribution in [0.5, 0.6) is 0 Å². The van der Waals surface area contributed by atoms with Crippen LogP contribution in [0.4, 0.5) is 0 Å². The first-order valence-electron chi connectivity index (χ1n) is 12.3. The highest BCUT2D eigenvalue weighted by atomic mass is 32.2. The van der Waals surface area contributed by atoms with E-state index in [9.17, 15) is 10.1 Å². The van der Waals surface area contributed by atoms with Crippen molar-refractivity contribution in [2.45, 2.75) is 42.4 Å². The van der Waals surface area contributed by atoms with Crippen molar-refractivity contribution in [3.8, 4) is 6.07 Å². The molecule has 0 radical (unpaired) electrons. The molecule has 6 rings (SSSR count). The molecule has 5 heteroatoms. The summed E-state index contributed by atoms with van der Waals surface area (Å²) in [4.78, 5) is 18.7. The van der Waals surface area contributed by atoms with E-state index in [2.05, 4.69) is 42.5 Å². The van der Waals surface area contributed by atoms with E-state index < -0.39 is 5.25 Å². The van der Waals surface area contributed by atoms with Crippen LogP contribution in [-0.2, 0) is 12.8 Å². The first kappa shape index (κ1) is 22.6. The van der Waals surface area contributed by atoms with Crippen LogP contribution in [0.3, 0.4) is 0 Å². The highest BCUT2D eigenvalue weighted by molar-refractivity contribution is 8.00. The molecule has 1 aliphatic rings. The normalized spacial score (nSPS) is 15.9. The smallest absolute Gasteiger partial charge is 0.244 e. The Morgan fingerprint density at radius 3 is 2.31 bits per heavy atom. The Balaban J connectivity index is 1.31. The molecule has 2 unspecified atom stereocenters.